The van der Waals surface area contributed by atoms with Crippen molar-refractivity contribution in [3.63, 3.8) is 0 Å². The lowest BCUT2D eigenvalue weighted by Crippen LogP contribution is -1.87. The van der Waals surface area contributed by atoms with E-state index in [0.29, 0.717) is 10.2 Å². The normalized spacial score (nSPS) is 11.1. The Balaban J connectivity index is 1.75. The Morgan fingerprint density at radius 2 is 1.60 bits per heavy atom. The van der Waals surface area contributed by atoms with Gasteiger partial charge in [0.05, 0.1) is 15.5 Å². The summed E-state index contributed by atoms with van der Waals surface area (Å²) in [4.78, 5) is 20.8. The average Bonchev–Trinajstić information content (AvgIpc) is 3.18. The van der Waals surface area contributed by atoms with Gasteiger partial charge in [-0.25, -0.2) is 9.98 Å². The monoisotopic (exact) mass is 433 g/mol. The van der Waals surface area contributed by atoms with Gasteiger partial charge in [-0.2, -0.15) is 0 Å². The van der Waals surface area contributed by atoms with Crippen LogP contribution in [0.5, 0.6) is 0 Å². The van der Waals surface area contributed by atoms with E-state index < -0.39 is 4.92 Å². The van der Waals surface area contributed by atoms with Crippen LogP contribution in [-0.2, 0) is 0 Å². The molecule has 0 aliphatic carbocycles. The highest BCUT2D eigenvalue weighted by atomic mass is 35.5. The molecule has 0 radical (unpaired) electrons. The highest BCUT2D eigenvalue weighted by Crippen LogP contribution is 2.40. The molecule has 0 fully saturated rings. The third-order valence-corrected chi connectivity index (χ3v) is 5.74. The summed E-state index contributed by atoms with van der Waals surface area (Å²) >= 11 is 7.38. The quantitative estimate of drug-likeness (QED) is 0.191. The molecule has 4 rings (SSSR count). The van der Waals surface area contributed by atoms with E-state index in [0.717, 1.165) is 32.8 Å². The molecule has 3 aromatic carbocycles. The van der Waals surface area contributed by atoms with Crippen LogP contribution < -0.4 is 0 Å². The first-order valence-corrected chi connectivity index (χ1v) is 10.3. The van der Waals surface area contributed by atoms with Gasteiger partial charge in [0.1, 0.15) is 0 Å². The molecule has 0 bridgehead atoms. The Morgan fingerprint density at radius 3 is 2.23 bits per heavy atom. The Hall–Kier alpha value is -3.35. The summed E-state index contributed by atoms with van der Waals surface area (Å²) in [5.74, 6) is 0. The molecule has 1 aromatic heterocycles. The van der Waals surface area contributed by atoms with E-state index in [1.165, 1.54) is 23.5 Å². The van der Waals surface area contributed by atoms with Crippen LogP contribution in [-0.4, -0.2) is 16.1 Å². The smallest absolute Gasteiger partial charge is 0.258 e. The van der Waals surface area contributed by atoms with E-state index in [4.69, 9.17) is 16.6 Å². The molecule has 0 saturated carbocycles. The van der Waals surface area contributed by atoms with E-state index >= 15 is 0 Å². The first kappa shape index (κ1) is 19.9. The van der Waals surface area contributed by atoms with Crippen LogP contribution in [0.15, 0.2) is 77.8 Å². The summed E-state index contributed by atoms with van der Waals surface area (Å²) in [5, 5.41) is 12.3. The maximum absolute atomic E-state index is 11.0. The lowest BCUT2D eigenvalue weighted by atomic mass is 10.1. The van der Waals surface area contributed by atoms with Gasteiger partial charge in [-0.15, -0.1) is 0 Å². The van der Waals surface area contributed by atoms with Gasteiger partial charge in [-0.1, -0.05) is 64.9 Å². The van der Waals surface area contributed by atoms with Crippen LogP contribution in [0.3, 0.4) is 0 Å². The predicted molar refractivity (Wildman–Crippen MR) is 123 cm³/mol. The van der Waals surface area contributed by atoms with Crippen molar-refractivity contribution < 1.29 is 4.92 Å². The molecule has 0 unspecified atom stereocenters. The Kier molecular flexibility index (Phi) is 5.70. The molecule has 0 spiro atoms. The Morgan fingerprint density at radius 1 is 0.967 bits per heavy atom. The van der Waals surface area contributed by atoms with E-state index in [1.807, 2.05) is 55.5 Å². The van der Waals surface area contributed by atoms with E-state index in [2.05, 4.69) is 4.99 Å². The first-order valence-electron chi connectivity index (χ1n) is 9.12. The van der Waals surface area contributed by atoms with E-state index in [9.17, 15) is 10.1 Å². The third-order valence-electron chi connectivity index (χ3n) is 4.48. The number of hydrogen-bond donors (Lipinski definition) is 0. The fourth-order valence-electron chi connectivity index (χ4n) is 2.88. The molecule has 5 nitrogen and oxygen atoms in total. The topological polar surface area (TPSA) is 68.4 Å². The van der Waals surface area contributed by atoms with Gasteiger partial charge < -0.3 is 0 Å². The van der Waals surface area contributed by atoms with E-state index in [-0.39, 0.29) is 5.69 Å². The number of thiazole rings is 1. The van der Waals surface area contributed by atoms with Crippen molar-refractivity contribution in [3.05, 3.63) is 99.1 Å². The number of benzene rings is 3. The second-order valence-corrected chi connectivity index (χ2v) is 8.07. The van der Waals surface area contributed by atoms with E-state index in [1.54, 1.807) is 18.3 Å². The molecule has 0 aliphatic rings. The van der Waals surface area contributed by atoms with Crippen LogP contribution in [0, 0.1) is 17.0 Å². The fraction of sp³-hybridized carbons (Fsp3) is 0.0435. The van der Waals surface area contributed by atoms with Crippen molar-refractivity contribution in [1.29, 1.82) is 0 Å². The molecule has 148 valence electrons. The third kappa shape index (κ3) is 4.45. The number of nitrogens with zero attached hydrogens (tertiary/aromatic N) is 3. The van der Waals surface area contributed by atoms with Crippen LogP contribution in [0.2, 0.25) is 5.02 Å². The number of hydrogen-bond acceptors (Lipinski definition) is 5. The minimum Gasteiger partial charge on any atom is -0.258 e. The zero-order valence-corrected chi connectivity index (χ0v) is 17.5. The SMILES string of the molecule is Cc1ccc(-c2nc(N=Cc3ccc(Cl)cc3)sc2-c2ccc([N+](=O)[O-])cc2)cc1. The number of nitro benzene ring substituents is 1. The van der Waals surface area contributed by atoms with Gasteiger partial charge >= 0.3 is 0 Å². The van der Waals surface area contributed by atoms with Crippen LogP contribution in [0.1, 0.15) is 11.1 Å². The number of aryl methyl sites for hydroxylation is 1. The van der Waals surface area contributed by atoms with Crippen molar-refractivity contribution in [2.45, 2.75) is 6.92 Å². The highest BCUT2D eigenvalue weighted by Gasteiger charge is 2.16. The number of rotatable bonds is 5. The van der Waals surface area contributed by atoms with Gasteiger partial charge in [-0.05, 0) is 42.3 Å². The molecule has 0 N–H and O–H groups in total. The Labute approximate surface area is 182 Å². The molecule has 0 aliphatic heterocycles. The second kappa shape index (κ2) is 8.57. The van der Waals surface area contributed by atoms with Crippen molar-refractivity contribution in [2.24, 2.45) is 4.99 Å². The van der Waals surface area contributed by atoms with Crippen LogP contribution >= 0.6 is 22.9 Å². The van der Waals surface area contributed by atoms with Gasteiger partial charge in [0.25, 0.3) is 5.69 Å². The number of aliphatic imine (C=N–C) groups is 1. The summed E-state index contributed by atoms with van der Waals surface area (Å²) in [6.45, 7) is 2.03. The van der Waals surface area contributed by atoms with Crippen LogP contribution in [0.25, 0.3) is 21.7 Å². The van der Waals surface area contributed by atoms with Crippen LogP contribution in [0.4, 0.5) is 10.8 Å². The number of non-ortho nitro benzene ring substituents is 1. The van der Waals surface area contributed by atoms with Gasteiger partial charge in [-0.3, -0.25) is 10.1 Å². The molecule has 4 aromatic rings. The molecule has 0 amide bonds. The van der Waals surface area contributed by atoms with Crippen molar-refractivity contribution in [3.8, 4) is 21.7 Å². The molecular weight excluding hydrogens is 418 g/mol. The highest BCUT2D eigenvalue weighted by molar-refractivity contribution is 7.19. The lowest BCUT2D eigenvalue weighted by Gasteiger charge is -2.03. The largest absolute Gasteiger partial charge is 0.269 e. The molecule has 7 heteroatoms. The molecule has 1 heterocycles. The average molecular weight is 434 g/mol. The summed E-state index contributed by atoms with van der Waals surface area (Å²) in [6, 6.07) is 22.0. The Bertz CT molecular complexity index is 1220. The second-order valence-electron chi connectivity index (χ2n) is 6.65. The molecule has 0 atom stereocenters. The summed E-state index contributed by atoms with van der Waals surface area (Å²) in [7, 11) is 0. The summed E-state index contributed by atoms with van der Waals surface area (Å²) in [6.07, 6.45) is 1.74. The lowest BCUT2D eigenvalue weighted by molar-refractivity contribution is -0.384. The maximum Gasteiger partial charge on any atom is 0.269 e. The molecule has 0 saturated heterocycles. The van der Waals surface area contributed by atoms with Gasteiger partial charge in [0, 0.05) is 28.9 Å². The minimum absolute atomic E-state index is 0.0566. The first-order chi connectivity index (χ1) is 14.5. The van der Waals surface area contributed by atoms with Gasteiger partial charge in [0.2, 0.25) is 5.13 Å². The standard InChI is InChI=1S/C23H16ClN3O2S/c1-15-2-6-17(7-3-15)21-22(18-8-12-20(13-9-18)27(28)29)30-23(26-21)25-14-16-4-10-19(24)11-5-16/h2-14H,1H3. The number of aromatic nitrogens is 1. The molecular formula is C23H16ClN3O2S. The number of nitro groups is 1. The number of halogens is 1. The van der Waals surface area contributed by atoms with Crippen molar-refractivity contribution in [1.82, 2.24) is 4.98 Å². The van der Waals surface area contributed by atoms with Crippen molar-refractivity contribution in [2.75, 3.05) is 0 Å². The van der Waals surface area contributed by atoms with Crippen molar-refractivity contribution >= 4 is 40.0 Å². The maximum atomic E-state index is 11.0. The zero-order valence-electron chi connectivity index (χ0n) is 15.9. The fourth-order valence-corrected chi connectivity index (χ4v) is 3.94. The van der Waals surface area contributed by atoms with Gasteiger partial charge in [0.15, 0.2) is 0 Å². The minimum atomic E-state index is -0.404. The zero-order chi connectivity index (χ0) is 21.1. The predicted octanol–water partition coefficient (Wildman–Crippen LogP) is 7.10. The summed E-state index contributed by atoms with van der Waals surface area (Å²) < 4.78 is 0. The summed E-state index contributed by atoms with van der Waals surface area (Å²) in [5.41, 5.74) is 4.77. The molecule has 30 heavy (non-hydrogen) atoms.